The molecule has 2 aliphatic heterocycles. The number of hydrogen-bond acceptors (Lipinski definition) is 12. The number of aliphatic hydroxyl groups excluding tert-OH is 2. The van der Waals surface area contributed by atoms with Crippen LogP contribution in [0.4, 0.5) is 5.82 Å². The summed E-state index contributed by atoms with van der Waals surface area (Å²) in [6.07, 6.45) is -1.70. The average Bonchev–Trinajstić information content (AvgIpc) is 3.19. The topological polar surface area (TPSA) is 214 Å². The number of nitrogens with zero attached hydrogens (tertiary/aromatic N) is 2. The largest absolute Gasteiger partial charge is 0.527 e. The number of rotatable bonds is 10. The van der Waals surface area contributed by atoms with Gasteiger partial charge in [0.15, 0.2) is 12.0 Å². The molecule has 2 aromatic rings. The minimum Gasteiger partial charge on any atom is -0.459 e. The third-order valence-corrected chi connectivity index (χ3v) is 6.65. The van der Waals surface area contributed by atoms with Gasteiger partial charge in [0.2, 0.25) is 12.2 Å². The van der Waals surface area contributed by atoms with E-state index in [0.29, 0.717) is 0 Å². The van der Waals surface area contributed by atoms with Gasteiger partial charge in [0, 0.05) is 13.1 Å². The fourth-order valence-electron chi connectivity index (χ4n) is 3.88. The van der Waals surface area contributed by atoms with E-state index in [2.05, 4.69) is 10.3 Å². The molecule has 0 bridgehead atoms. The molecule has 16 heteroatoms. The summed E-state index contributed by atoms with van der Waals surface area (Å²) in [7, 11) is -4.76. The third kappa shape index (κ3) is 7.55. The molecule has 0 aliphatic carbocycles. The van der Waals surface area contributed by atoms with Crippen LogP contribution in [0.15, 0.2) is 71.6 Å². The molecule has 1 aromatic carbocycles. The zero-order chi connectivity index (χ0) is 28.9. The van der Waals surface area contributed by atoms with Crippen LogP contribution in [0.25, 0.3) is 0 Å². The molecule has 0 saturated carbocycles. The highest BCUT2D eigenvalue weighted by molar-refractivity contribution is 7.47. The quantitative estimate of drug-likeness (QED) is 0.186. The number of aromatic nitrogens is 2. The minimum absolute atomic E-state index is 0.000372. The summed E-state index contributed by atoms with van der Waals surface area (Å²) in [5.41, 5.74) is 5.49. The van der Waals surface area contributed by atoms with Crippen molar-refractivity contribution in [3.63, 3.8) is 0 Å². The summed E-state index contributed by atoms with van der Waals surface area (Å²) in [5, 5.41) is 23.3. The van der Waals surface area contributed by atoms with Gasteiger partial charge in [0.05, 0.1) is 13.2 Å². The molecule has 6 N–H and O–H groups in total. The van der Waals surface area contributed by atoms with Crippen LogP contribution < -0.4 is 16.7 Å². The summed E-state index contributed by atoms with van der Waals surface area (Å²) in [6.45, 7) is 0.834. The number of aliphatic hydroxyl groups is 2. The number of phosphoric acid groups is 1. The molecule has 4 rings (SSSR count). The number of amides is 1. The third-order valence-electron chi connectivity index (χ3n) is 5.81. The van der Waals surface area contributed by atoms with Gasteiger partial charge in [-0.15, -0.1) is 0 Å². The van der Waals surface area contributed by atoms with Crippen molar-refractivity contribution in [3.05, 3.63) is 82.8 Å². The molecule has 2 aliphatic rings. The van der Waals surface area contributed by atoms with E-state index in [9.17, 15) is 29.3 Å². The Hall–Kier alpha value is -3.56. The normalized spacial score (nSPS) is 28.6. The number of nitrogens with one attached hydrogen (secondary N) is 1. The van der Waals surface area contributed by atoms with Gasteiger partial charge in [-0.3, -0.25) is 18.8 Å². The van der Waals surface area contributed by atoms with Crippen molar-refractivity contribution in [1.82, 2.24) is 14.9 Å². The number of anilines is 1. The minimum atomic E-state index is -4.76. The number of hydrogen-bond donors (Lipinski definition) is 5. The predicted molar refractivity (Wildman–Crippen MR) is 137 cm³/mol. The number of nitrogens with two attached hydrogens (primary N) is 1. The van der Waals surface area contributed by atoms with Gasteiger partial charge in [-0.05, 0) is 17.7 Å². The Morgan fingerprint density at radius 1 is 1.25 bits per heavy atom. The fourth-order valence-corrected chi connectivity index (χ4v) is 4.51. The van der Waals surface area contributed by atoms with Gasteiger partial charge in [-0.25, -0.2) is 9.36 Å². The lowest BCUT2D eigenvalue weighted by molar-refractivity contribution is -0.144. The number of ether oxygens (including phenoxy) is 3. The van der Waals surface area contributed by atoms with Crippen LogP contribution in [0.2, 0.25) is 0 Å². The van der Waals surface area contributed by atoms with E-state index < -0.39 is 57.0 Å². The van der Waals surface area contributed by atoms with Crippen LogP contribution in [-0.2, 0) is 39.2 Å². The standard InChI is InChI=1S/C24H29N4O11P/c1-14(29)26-17-8-7-16(38-23(17)35-11-15-5-3-2-4-6-15)12-36-40(33,34)37-13-18-20(30)21(31)22(39-18)28-10-9-19(25)27-24(28)32/h2-10,12,17-18,20-23,30-31H,11,13H2,1H3,(H,26,29)(H,33,34)(H2,25,27,32)/b16-12-/t17-,18-,20-,21-,22-,23-/m1/s1. The van der Waals surface area contributed by atoms with E-state index in [-0.39, 0.29) is 24.1 Å². The van der Waals surface area contributed by atoms with Crippen molar-refractivity contribution >= 4 is 19.5 Å². The van der Waals surface area contributed by atoms with Crippen molar-refractivity contribution < 1.29 is 47.7 Å². The van der Waals surface area contributed by atoms with Gasteiger partial charge < -0.3 is 40.0 Å². The van der Waals surface area contributed by atoms with Gasteiger partial charge in [-0.1, -0.05) is 36.4 Å². The highest BCUT2D eigenvalue weighted by Gasteiger charge is 2.45. The van der Waals surface area contributed by atoms with Gasteiger partial charge >= 0.3 is 13.5 Å². The number of allylic oxidation sites excluding steroid dienone is 1. The second-order valence-corrected chi connectivity index (χ2v) is 10.3. The molecule has 1 aromatic heterocycles. The summed E-state index contributed by atoms with van der Waals surface area (Å²) in [6, 6.07) is 9.90. The SMILES string of the molecule is CC(=O)N[C@@H]1C=C/C(=C/OP(=O)(O)OC[C@H]2O[C@@H](n3ccc(N)nc3=O)[C@H](O)[C@@H]2O)O[C@H]1OCc1ccccc1. The Balaban J connectivity index is 1.35. The van der Waals surface area contributed by atoms with Gasteiger partial charge in [0.1, 0.15) is 36.4 Å². The van der Waals surface area contributed by atoms with Gasteiger partial charge in [0.25, 0.3) is 0 Å². The summed E-state index contributed by atoms with van der Waals surface area (Å²) >= 11 is 0. The van der Waals surface area contributed by atoms with Crippen LogP contribution in [-0.4, -0.2) is 67.8 Å². The number of carbonyl (C=O) groups excluding carboxylic acids is 1. The Morgan fingerprint density at radius 3 is 2.70 bits per heavy atom. The lowest BCUT2D eigenvalue weighted by atomic mass is 10.1. The van der Waals surface area contributed by atoms with Crippen LogP contribution in [0, 0.1) is 0 Å². The lowest BCUT2D eigenvalue weighted by Crippen LogP contribution is -2.45. The van der Waals surface area contributed by atoms with Crippen molar-refractivity contribution in [2.45, 2.75) is 50.4 Å². The molecule has 0 radical (unpaired) electrons. The molecule has 1 fully saturated rings. The highest BCUT2D eigenvalue weighted by atomic mass is 31.2. The first kappa shape index (κ1) is 29.4. The van der Waals surface area contributed by atoms with Crippen molar-refractivity contribution in [2.75, 3.05) is 12.3 Å². The molecular formula is C24H29N4O11P. The molecule has 0 spiro atoms. The Labute approximate surface area is 228 Å². The van der Waals surface area contributed by atoms with E-state index in [1.807, 2.05) is 30.3 Å². The maximum Gasteiger partial charge on any atom is 0.527 e. The van der Waals surface area contributed by atoms with Crippen LogP contribution in [0.5, 0.6) is 0 Å². The zero-order valence-electron chi connectivity index (χ0n) is 21.2. The molecule has 40 heavy (non-hydrogen) atoms. The first-order chi connectivity index (χ1) is 19.0. The van der Waals surface area contributed by atoms with E-state index >= 15 is 0 Å². The molecule has 1 unspecified atom stereocenters. The average molecular weight is 580 g/mol. The van der Waals surface area contributed by atoms with Gasteiger partial charge in [-0.2, -0.15) is 4.98 Å². The van der Waals surface area contributed by atoms with Crippen molar-refractivity contribution in [3.8, 4) is 0 Å². The first-order valence-electron chi connectivity index (χ1n) is 12.0. The number of phosphoric ester groups is 1. The molecule has 1 amide bonds. The predicted octanol–water partition coefficient (Wildman–Crippen LogP) is 0.0537. The highest BCUT2D eigenvalue weighted by Crippen LogP contribution is 2.45. The van der Waals surface area contributed by atoms with E-state index in [4.69, 9.17) is 29.0 Å². The Bertz CT molecular complexity index is 1350. The fraction of sp³-hybridized carbons (Fsp3) is 0.375. The molecule has 3 heterocycles. The molecule has 216 valence electrons. The summed E-state index contributed by atoms with van der Waals surface area (Å²) in [4.78, 5) is 37.3. The first-order valence-corrected chi connectivity index (χ1v) is 13.5. The van der Waals surface area contributed by atoms with Crippen molar-refractivity contribution in [2.24, 2.45) is 0 Å². The molecule has 15 nitrogen and oxygen atoms in total. The number of nitrogen functional groups attached to an aromatic ring is 1. The van der Waals surface area contributed by atoms with Crippen molar-refractivity contribution in [1.29, 1.82) is 0 Å². The number of carbonyl (C=O) groups is 1. The Kier molecular flexibility index (Phi) is 9.37. The number of benzene rings is 1. The monoisotopic (exact) mass is 580 g/mol. The van der Waals surface area contributed by atoms with E-state index in [0.717, 1.165) is 16.4 Å². The maximum atomic E-state index is 12.5. The maximum absolute atomic E-state index is 12.5. The van der Waals surface area contributed by atoms with Crippen LogP contribution in [0.3, 0.4) is 0 Å². The van der Waals surface area contributed by atoms with Crippen LogP contribution >= 0.6 is 7.82 Å². The van der Waals surface area contributed by atoms with Crippen LogP contribution in [0.1, 0.15) is 18.7 Å². The summed E-state index contributed by atoms with van der Waals surface area (Å²) in [5.74, 6) is -0.358. The molecular weight excluding hydrogens is 551 g/mol. The molecule has 1 saturated heterocycles. The lowest BCUT2D eigenvalue weighted by Gasteiger charge is -2.29. The second-order valence-electron chi connectivity index (χ2n) is 8.85. The zero-order valence-corrected chi connectivity index (χ0v) is 22.1. The van der Waals surface area contributed by atoms with E-state index in [1.54, 1.807) is 6.08 Å². The summed E-state index contributed by atoms with van der Waals surface area (Å²) < 4.78 is 40.1. The van der Waals surface area contributed by atoms with E-state index in [1.165, 1.54) is 25.3 Å². The smallest absolute Gasteiger partial charge is 0.459 e. The Morgan fingerprint density at radius 2 is 2.00 bits per heavy atom. The molecule has 7 atom stereocenters. The second kappa shape index (κ2) is 12.7.